The lowest BCUT2D eigenvalue weighted by molar-refractivity contribution is -0.155. The molecule has 0 aromatic heterocycles. The number of piperidine rings is 1. The van der Waals surface area contributed by atoms with Crippen LogP contribution in [0, 0.1) is 17.8 Å². The summed E-state index contributed by atoms with van der Waals surface area (Å²) >= 11 is 0. The van der Waals surface area contributed by atoms with Gasteiger partial charge < -0.3 is 10.0 Å². The van der Waals surface area contributed by atoms with Crippen LogP contribution in [-0.2, 0) is 9.59 Å². The van der Waals surface area contributed by atoms with Crippen molar-refractivity contribution in [3.8, 4) is 12.3 Å². The van der Waals surface area contributed by atoms with Crippen molar-refractivity contribution in [2.24, 2.45) is 5.41 Å². The number of carboxylic acids is 1. The molecule has 1 heterocycles. The Balaban J connectivity index is 2.79. The number of hydrogen-bond acceptors (Lipinski definition) is 2. The standard InChI is InChI=1S/C13H19NO3/c1-3-6-11(15)14-9-5-8-13(10-14,7-4-2)12(16)17/h1H,4-10H2,2H3,(H,16,17). The van der Waals surface area contributed by atoms with Crippen LogP contribution in [0.5, 0.6) is 0 Å². The molecule has 0 aromatic carbocycles. The molecule has 1 fully saturated rings. The average molecular weight is 237 g/mol. The van der Waals surface area contributed by atoms with E-state index in [9.17, 15) is 14.7 Å². The number of terminal acetylenes is 1. The van der Waals surface area contributed by atoms with Gasteiger partial charge in [0, 0.05) is 13.1 Å². The normalized spacial score (nSPS) is 24.1. The SMILES string of the molecule is C#CCC(=O)N1CCCC(CCC)(C(=O)O)C1. The first-order valence-electron chi connectivity index (χ1n) is 6.00. The van der Waals surface area contributed by atoms with Gasteiger partial charge in [-0.3, -0.25) is 9.59 Å². The van der Waals surface area contributed by atoms with E-state index in [4.69, 9.17) is 6.42 Å². The predicted octanol–water partition coefficient (Wildman–Crippen LogP) is 1.50. The Morgan fingerprint density at radius 3 is 2.76 bits per heavy atom. The molecular formula is C13H19NO3. The molecule has 1 unspecified atom stereocenters. The van der Waals surface area contributed by atoms with E-state index >= 15 is 0 Å². The molecule has 17 heavy (non-hydrogen) atoms. The van der Waals surface area contributed by atoms with Crippen LogP contribution >= 0.6 is 0 Å². The zero-order chi connectivity index (χ0) is 12.9. The third kappa shape index (κ3) is 3.00. The number of carbonyl (C=O) groups is 2. The Labute approximate surface area is 102 Å². The Morgan fingerprint density at radius 1 is 1.53 bits per heavy atom. The van der Waals surface area contributed by atoms with Gasteiger partial charge in [-0.25, -0.2) is 0 Å². The molecule has 0 spiro atoms. The summed E-state index contributed by atoms with van der Waals surface area (Å²) in [4.78, 5) is 24.7. The molecule has 1 N–H and O–H groups in total. The first-order chi connectivity index (χ1) is 8.05. The van der Waals surface area contributed by atoms with Crippen LogP contribution in [0.25, 0.3) is 0 Å². The summed E-state index contributed by atoms with van der Waals surface area (Å²) in [6.07, 6.45) is 7.98. The largest absolute Gasteiger partial charge is 0.481 e. The van der Waals surface area contributed by atoms with Crippen LogP contribution in [0.1, 0.15) is 39.0 Å². The number of rotatable bonds is 4. The highest BCUT2D eigenvalue weighted by molar-refractivity contribution is 5.81. The lowest BCUT2D eigenvalue weighted by atomic mass is 9.76. The van der Waals surface area contributed by atoms with Crippen LogP contribution in [0.4, 0.5) is 0 Å². The van der Waals surface area contributed by atoms with Crippen molar-refractivity contribution in [2.75, 3.05) is 13.1 Å². The molecule has 4 nitrogen and oxygen atoms in total. The van der Waals surface area contributed by atoms with Crippen LogP contribution < -0.4 is 0 Å². The molecule has 0 bridgehead atoms. The Morgan fingerprint density at radius 2 is 2.24 bits per heavy atom. The molecule has 0 radical (unpaired) electrons. The lowest BCUT2D eigenvalue weighted by Crippen LogP contribution is -2.49. The molecule has 94 valence electrons. The van der Waals surface area contributed by atoms with Gasteiger partial charge in [0.25, 0.3) is 0 Å². The summed E-state index contributed by atoms with van der Waals surface area (Å²) < 4.78 is 0. The zero-order valence-corrected chi connectivity index (χ0v) is 10.2. The topological polar surface area (TPSA) is 57.6 Å². The van der Waals surface area contributed by atoms with Crippen molar-refractivity contribution < 1.29 is 14.7 Å². The van der Waals surface area contributed by atoms with Gasteiger partial charge in [-0.15, -0.1) is 6.42 Å². The fourth-order valence-corrected chi connectivity index (χ4v) is 2.51. The number of hydrogen-bond donors (Lipinski definition) is 1. The summed E-state index contributed by atoms with van der Waals surface area (Å²) in [6, 6.07) is 0. The summed E-state index contributed by atoms with van der Waals surface area (Å²) in [5.41, 5.74) is -0.767. The van der Waals surface area contributed by atoms with Gasteiger partial charge in [0.15, 0.2) is 0 Å². The third-order valence-corrected chi connectivity index (χ3v) is 3.37. The van der Waals surface area contributed by atoms with E-state index in [0.717, 1.165) is 12.8 Å². The Bertz CT molecular complexity index is 341. The van der Waals surface area contributed by atoms with Crippen LogP contribution in [-0.4, -0.2) is 35.0 Å². The number of amides is 1. The molecule has 1 aliphatic rings. The number of carbonyl (C=O) groups excluding carboxylic acids is 1. The minimum absolute atomic E-state index is 0.0574. The van der Waals surface area contributed by atoms with E-state index in [1.165, 1.54) is 0 Å². The fraction of sp³-hybridized carbons (Fsp3) is 0.692. The van der Waals surface area contributed by atoms with Crippen molar-refractivity contribution in [2.45, 2.75) is 39.0 Å². The predicted molar refractivity (Wildman–Crippen MR) is 64.2 cm³/mol. The second-order valence-corrected chi connectivity index (χ2v) is 4.64. The molecule has 1 atom stereocenters. The lowest BCUT2D eigenvalue weighted by Gasteiger charge is -2.39. The van der Waals surface area contributed by atoms with Gasteiger partial charge >= 0.3 is 5.97 Å². The molecule has 1 amide bonds. The Kier molecular flexibility index (Phi) is 4.56. The van der Waals surface area contributed by atoms with Crippen molar-refractivity contribution in [1.82, 2.24) is 4.90 Å². The molecule has 0 aliphatic carbocycles. The highest BCUT2D eigenvalue weighted by atomic mass is 16.4. The molecule has 0 aromatic rings. The first-order valence-corrected chi connectivity index (χ1v) is 6.00. The van der Waals surface area contributed by atoms with E-state index in [1.54, 1.807) is 4.90 Å². The summed E-state index contributed by atoms with van der Waals surface area (Å²) in [6.45, 7) is 2.89. The zero-order valence-electron chi connectivity index (χ0n) is 10.2. The van der Waals surface area contributed by atoms with Crippen molar-refractivity contribution in [3.63, 3.8) is 0 Å². The third-order valence-electron chi connectivity index (χ3n) is 3.37. The van der Waals surface area contributed by atoms with Crippen LogP contribution in [0.15, 0.2) is 0 Å². The fourth-order valence-electron chi connectivity index (χ4n) is 2.51. The van der Waals surface area contributed by atoms with Gasteiger partial charge in [0.1, 0.15) is 0 Å². The van der Waals surface area contributed by atoms with Crippen LogP contribution in [0.2, 0.25) is 0 Å². The minimum Gasteiger partial charge on any atom is -0.481 e. The number of likely N-dealkylation sites (tertiary alicyclic amines) is 1. The van der Waals surface area contributed by atoms with Crippen molar-refractivity contribution in [3.05, 3.63) is 0 Å². The summed E-state index contributed by atoms with van der Waals surface area (Å²) in [7, 11) is 0. The Hall–Kier alpha value is -1.50. The maximum absolute atomic E-state index is 11.7. The quantitative estimate of drug-likeness (QED) is 0.754. The second kappa shape index (κ2) is 5.72. The highest BCUT2D eigenvalue weighted by Crippen LogP contribution is 2.35. The number of carboxylic acid groups (broad SMARTS) is 1. The van der Waals surface area contributed by atoms with Gasteiger partial charge in [0.05, 0.1) is 11.8 Å². The van der Waals surface area contributed by atoms with E-state index in [2.05, 4.69) is 5.92 Å². The smallest absolute Gasteiger partial charge is 0.311 e. The van der Waals surface area contributed by atoms with Gasteiger partial charge in [0.2, 0.25) is 5.91 Å². The van der Waals surface area contributed by atoms with Crippen molar-refractivity contribution in [1.29, 1.82) is 0 Å². The van der Waals surface area contributed by atoms with E-state index in [-0.39, 0.29) is 12.3 Å². The minimum atomic E-state index is -0.794. The molecule has 0 saturated carbocycles. The maximum Gasteiger partial charge on any atom is 0.311 e. The van der Waals surface area contributed by atoms with E-state index in [1.807, 2.05) is 6.92 Å². The van der Waals surface area contributed by atoms with Gasteiger partial charge in [-0.05, 0) is 19.3 Å². The van der Waals surface area contributed by atoms with E-state index < -0.39 is 11.4 Å². The molecule has 1 aliphatic heterocycles. The monoisotopic (exact) mass is 237 g/mol. The summed E-state index contributed by atoms with van der Waals surface area (Å²) in [5, 5.41) is 9.37. The average Bonchev–Trinajstić information content (AvgIpc) is 2.30. The molecule has 1 saturated heterocycles. The van der Waals surface area contributed by atoms with Gasteiger partial charge in [-0.1, -0.05) is 19.3 Å². The second-order valence-electron chi connectivity index (χ2n) is 4.64. The summed E-state index contributed by atoms with van der Waals surface area (Å²) in [5.74, 6) is 1.39. The number of nitrogens with zero attached hydrogens (tertiary/aromatic N) is 1. The van der Waals surface area contributed by atoms with Crippen molar-refractivity contribution >= 4 is 11.9 Å². The van der Waals surface area contributed by atoms with Crippen LogP contribution in [0.3, 0.4) is 0 Å². The maximum atomic E-state index is 11.7. The van der Waals surface area contributed by atoms with Gasteiger partial charge in [-0.2, -0.15) is 0 Å². The first kappa shape index (κ1) is 13.6. The molecule has 4 heteroatoms. The highest BCUT2D eigenvalue weighted by Gasteiger charge is 2.42. The number of aliphatic carboxylic acids is 1. The molecular weight excluding hydrogens is 218 g/mol. The molecule has 1 rings (SSSR count). The van der Waals surface area contributed by atoms with E-state index in [0.29, 0.717) is 25.9 Å².